The van der Waals surface area contributed by atoms with Crippen LogP contribution in [0.2, 0.25) is 5.02 Å². The fourth-order valence-electron chi connectivity index (χ4n) is 2.12. The van der Waals surface area contributed by atoms with Gasteiger partial charge in [-0.25, -0.2) is 0 Å². The van der Waals surface area contributed by atoms with Crippen molar-refractivity contribution in [2.24, 2.45) is 0 Å². The Hall–Kier alpha value is -2.00. The third-order valence-electron chi connectivity index (χ3n) is 3.35. The van der Waals surface area contributed by atoms with E-state index in [1.54, 1.807) is 0 Å². The van der Waals surface area contributed by atoms with E-state index in [2.05, 4.69) is 5.32 Å². The van der Waals surface area contributed by atoms with Gasteiger partial charge in [0.15, 0.2) is 0 Å². The maximum absolute atomic E-state index is 12.0. The van der Waals surface area contributed by atoms with Crippen LogP contribution in [-0.2, 0) is 11.2 Å². The second kappa shape index (κ2) is 7.14. The Morgan fingerprint density at radius 1 is 1.24 bits per heavy atom. The van der Waals surface area contributed by atoms with Gasteiger partial charge in [0.25, 0.3) is 0 Å². The first-order chi connectivity index (χ1) is 10.0. The van der Waals surface area contributed by atoms with Crippen molar-refractivity contribution in [3.05, 3.63) is 64.7 Å². The number of benzene rings is 2. The van der Waals surface area contributed by atoms with Gasteiger partial charge >= 0.3 is 0 Å². The molecule has 1 atom stereocenters. The Morgan fingerprint density at radius 2 is 1.95 bits per heavy atom. The summed E-state index contributed by atoms with van der Waals surface area (Å²) in [5, 5.41) is 3.66. The topological polar surface area (TPSA) is 55.1 Å². The minimum Gasteiger partial charge on any atom is -0.399 e. The fourth-order valence-corrected chi connectivity index (χ4v) is 2.31. The molecule has 3 N–H and O–H groups in total. The van der Waals surface area contributed by atoms with Crippen molar-refractivity contribution in [2.45, 2.75) is 25.8 Å². The molecule has 1 amide bonds. The van der Waals surface area contributed by atoms with Crippen molar-refractivity contribution in [1.29, 1.82) is 0 Å². The number of rotatable bonds is 5. The SMILES string of the molecule is CC(NC(=O)CCc1ccc(N)cc1)c1cccc(Cl)c1. The van der Waals surface area contributed by atoms with Crippen molar-refractivity contribution in [3.63, 3.8) is 0 Å². The Labute approximate surface area is 130 Å². The maximum Gasteiger partial charge on any atom is 0.220 e. The molecule has 0 aliphatic rings. The van der Waals surface area contributed by atoms with Crippen molar-refractivity contribution in [2.75, 3.05) is 5.73 Å². The van der Waals surface area contributed by atoms with Crippen molar-refractivity contribution >= 4 is 23.2 Å². The molecule has 1 unspecified atom stereocenters. The van der Waals surface area contributed by atoms with Crippen LogP contribution in [0.4, 0.5) is 5.69 Å². The Bertz CT molecular complexity index is 610. The number of hydrogen-bond donors (Lipinski definition) is 2. The number of hydrogen-bond acceptors (Lipinski definition) is 2. The highest BCUT2D eigenvalue weighted by Crippen LogP contribution is 2.17. The van der Waals surface area contributed by atoms with Crippen molar-refractivity contribution in [1.82, 2.24) is 5.32 Å². The molecule has 0 heterocycles. The largest absolute Gasteiger partial charge is 0.399 e. The summed E-state index contributed by atoms with van der Waals surface area (Å²) in [6.45, 7) is 1.95. The van der Waals surface area contributed by atoms with Crippen LogP contribution in [-0.4, -0.2) is 5.91 Å². The van der Waals surface area contributed by atoms with E-state index in [-0.39, 0.29) is 11.9 Å². The first kappa shape index (κ1) is 15.4. The quantitative estimate of drug-likeness (QED) is 0.827. The van der Waals surface area contributed by atoms with E-state index in [1.165, 1.54) is 0 Å². The summed E-state index contributed by atoms with van der Waals surface area (Å²) in [7, 11) is 0. The standard InChI is InChI=1S/C17H19ClN2O/c1-12(14-3-2-4-15(18)11-14)20-17(21)10-7-13-5-8-16(19)9-6-13/h2-6,8-9,11-12H,7,10,19H2,1H3,(H,20,21). The van der Waals surface area contributed by atoms with Crippen LogP contribution in [0.1, 0.15) is 30.5 Å². The molecule has 0 aliphatic heterocycles. The molecule has 0 radical (unpaired) electrons. The lowest BCUT2D eigenvalue weighted by atomic mass is 10.1. The number of nitrogen functional groups attached to an aromatic ring is 1. The van der Waals surface area contributed by atoms with Gasteiger partial charge in [-0.2, -0.15) is 0 Å². The van der Waals surface area contributed by atoms with Gasteiger partial charge in [0.1, 0.15) is 0 Å². The molecule has 0 saturated carbocycles. The lowest BCUT2D eigenvalue weighted by molar-refractivity contribution is -0.121. The van der Waals surface area contributed by atoms with Gasteiger partial charge in [0.05, 0.1) is 6.04 Å². The van der Waals surface area contributed by atoms with Gasteiger partial charge in [0.2, 0.25) is 5.91 Å². The minimum atomic E-state index is -0.0531. The maximum atomic E-state index is 12.0. The Morgan fingerprint density at radius 3 is 2.62 bits per heavy atom. The van der Waals surface area contributed by atoms with E-state index in [0.29, 0.717) is 17.9 Å². The number of nitrogens with two attached hydrogens (primary N) is 1. The molecule has 2 aromatic carbocycles. The van der Waals surface area contributed by atoms with Crippen LogP contribution in [0.5, 0.6) is 0 Å². The third kappa shape index (κ3) is 4.80. The normalized spacial score (nSPS) is 11.9. The van der Waals surface area contributed by atoms with E-state index >= 15 is 0 Å². The zero-order chi connectivity index (χ0) is 15.2. The molecule has 0 saturated heterocycles. The molecule has 110 valence electrons. The van der Waals surface area contributed by atoms with E-state index in [1.807, 2.05) is 55.5 Å². The molecule has 0 aliphatic carbocycles. The van der Waals surface area contributed by atoms with Crippen LogP contribution < -0.4 is 11.1 Å². The highest BCUT2D eigenvalue weighted by molar-refractivity contribution is 6.30. The third-order valence-corrected chi connectivity index (χ3v) is 3.58. The number of amides is 1. The van der Waals surface area contributed by atoms with E-state index < -0.39 is 0 Å². The second-order valence-corrected chi connectivity index (χ2v) is 5.52. The molecule has 3 nitrogen and oxygen atoms in total. The highest BCUT2D eigenvalue weighted by Gasteiger charge is 2.09. The number of aryl methyl sites for hydroxylation is 1. The van der Waals surface area contributed by atoms with Crippen LogP contribution in [0.3, 0.4) is 0 Å². The number of anilines is 1. The highest BCUT2D eigenvalue weighted by atomic mass is 35.5. The first-order valence-corrected chi connectivity index (χ1v) is 7.31. The number of nitrogens with one attached hydrogen (secondary N) is 1. The zero-order valence-corrected chi connectivity index (χ0v) is 12.7. The summed E-state index contributed by atoms with van der Waals surface area (Å²) in [6.07, 6.45) is 1.16. The molecule has 0 aromatic heterocycles. The lowest BCUT2D eigenvalue weighted by Gasteiger charge is -2.14. The molecule has 0 bridgehead atoms. The van der Waals surface area contributed by atoms with Gasteiger partial charge in [0, 0.05) is 17.1 Å². The molecular formula is C17H19ClN2O. The molecule has 4 heteroatoms. The van der Waals surface area contributed by atoms with Gasteiger partial charge in [-0.15, -0.1) is 0 Å². The average Bonchev–Trinajstić information content (AvgIpc) is 2.46. The van der Waals surface area contributed by atoms with Crippen LogP contribution in [0.25, 0.3) is 0 Å². The lowest BCUT2D eigenvalue weighted by Crippen LogP contribution is -2.26. The smallest absolute Gasteiger partial charge is 0.220 e. The minimum absolute atomic E-state index is 0.0271. The Balaban J connectivity index is 1.85. The number of halogens is 1. The molecule has 21 heavy (non-hydrogen) atoms. The summed E-state index contributed by atoms with van der Waals surface area (Å²) in [5.74, 6) is 0.0271. The number of carbonyl (C=O) groups excluding carboxylic acids is 1. The average molecular weight is 303 g/mol. The van der Waals surface area contributed by atoms with Gasteiger partial charge < -0.3 is 11.1 Å². The molecule has 0 fully saturated rings. The summed E-state index contributed by atoms with van der Waals surface area (Å²) in [4.78, 5) is 12.0. The predicted octanol–water partition coefficient (Wildman–Crippen LogP) is 3.73. The molecular weight excluding hydrogens is 284 g/mol. The summed E-state index contributed by atoms with van der Waals surface area (Å²) < 4.78 is 0. The zero-order valence-electron chi connectivity index (χ0n) is 12.0. The van der Waals surface area contributed by atoms with E-state index in [4.69, 9.17) is 17.3 Å². The van der Waals surface area contributed by atoms with Crippen LogP contribution in [0.15, 0.2) is 48.5 Å². The van der Waals surface area contributed by atoms with Crippen molar-refractivity contribution in [3.8, 4) is 0 Å². The van der Waals surface area contributed by atoms with E-state index in [9.17, 15) is 4.79 Å². The molecule has 0 spiro atoms. The summed E-state index contributed by atoms with van der Waals surface area (Å²) in [6, 6.07) is 15.1. The predicted molar refractivity (Wildman–Crippen MR) is 87.2 cm³/mol. The number of carbonyl (C=O) groups is 1. The Kier molecular flexibility index (Phi) is 5.23. The van der Waals surface area contributed by atoms with Gasteiger partial charge in [-0.3, -0.25) is 4.79 Å². The first-order valence-electron chi connectivity index (χ1n) is 6.94. The monoisotopic (exact) mass is 302 g/mol. The second-order valence-electron chi connectivity index (χ2n) is 5.09. The summed E-state index contributed by atoms with van der Waals surface area (Å²) in [5.41, 5.74) is 8.48. The summed E-state index contributed by atoms with van der Waals surface area (Å²) >= 11 is 5.96. The van der Waals surface area contributed by atoms with Crippen molar-refractivity contribution < 1.29 is 4.79 Å². The van der Waals surface area contributed by atoms with Crippen LogP contribution in [0, 0.1) is 0 Å². The molecule has 2 aromatic rings. The fraction of sp³-hybridized carbons (Fsp3) is 0.235. The molecule has 2 rings (SSSR count). The van der Waals surface area contributed by atoms with E-state index in [0.717, 1.165) is 16.8 Å². The van der Waals surface area contributed by atoms with Gasteiger partial charge in [-0.05, 0) is 48.7 Å². The van der Waals surface area contributed by atoms with Crippen LogP contribution >= 0.6 is 11.6 Å². The van der Waals surface area contributed by atoms with Gasteiger partial charge in [-0.1, -0.05) is 35.9 Å².